The van der Waals surface area contributed by atoms with Crippen LogP contribution in [0.5, 0.6) is 11.5 Å². The van der Waals surface area contributed by atoms with Crippen LogP contribution in [0.3, 0.4) is 0 Å². The SMILES string of the molecule is COc1ccc(CN(C)C(=O)CCc2ccc([N+](=O)[O-])c(C)c2)cc1OC. The molecule has 0 aliphatic carbocycles. The minimum Gasteiger partial charge on any atom is -0.493 e. The van der Waals surface area contributed by atoms with Crippen LogP contribution in [0.4, 0.5) is 5.69 Å². The van der Waals surface area contributed by atoms with Crippen LogP contribution in [0.25, 0.3) is 0 Å². The first-order chi connectivity index (χ1) is 12.8. The predicted molar refractivity (Wildman–Crippen MR) is 102 cm³/mol. The van der Waals surface area contributed by atoms with Gasteiger partial charge in [0, 0.05) is 31.6 Å². The molecule has 7 nitrogen and oxygen atoms in total. The monoisotopic (exact) mass is 372 g/mol. The Bertz CT molecular complexity index is 835. The summed E-state index contributed by atoms with van der Waals surface area (Å²) in [4.78, 5) is 24.5. The maximum absolute atomic E-state index is 12.4. The lowest BCUT2D eigenvalue weighted by molar-refractivity contribution is -0.385. The van der Waals surface area contributed by atoms with Crippen LogP contribution in [-0.4, -0.2) is 37.0 Å². The van der Waals surface area contributed by atoms with Crippen LogP contribution >= 0.6 is 0 Å². The van der Waals surface area contributed by atoms with Crippen molar-refractivity contribution in [3.8, 4) is 11.5 Å². The van der Waals surface area contributed by atoms with Gasteiger partial charge in [0.25, 0.3) is 5.69 Å². The molecule has 0 N–H and O–H groups in total. The molecule has 0 radical (unpaired) electrons. The Hall–Kier alpha value is -3.09. The highest BCUT2D eigenvalue weighted by Gasteiger charge is 2.14. The minimum atomic E-state index is -0.402. The van der Waals surface area contributed by atoms with Crippen molar-refractivity contribution >= 4 is 11.6 Å². The first kappa shape index (κ1) is 20.2. The standard InChI is InChI=1S/C20H24N2O5/c1-14-11-15(5-8-17(14)22(24)25)7-10-20(23)21(2)13-16-6-9-18(26-3)19(12-16)27-4/h5-6,8-9,11-12H,7,10,13H2,1-4H3. The fraction of sp³-hybridized carbons (Fsp3) is 0.350. The Morgan fingerprint density at radius 1 is 1.07 bits per heavy atom. The molecule has 0 spiro atoms. The van der Waals surface area contributed by atoms with E-state index in [9.17, 15) is 14.9 Å². The van der Waals surface area contributed by atoms with Crippen molar-refractivity contribution in [1.82, 2.24) is 4.90 Å². The number of hydrogen-bond acceptors (Lipinski definition) is 5. The zero-order valence-electron chi connectivity index (χ0n) is 16.0. The number of nitro benzene ring substituents is 1. The molecule has 0 saturated heterocycles. The second-order valence-corrected chi connectivity index (χ2v) is 6.32. The molecule has 144 valence electrons. The van der Waals surface area contributed by atoms with Gasteiger partial charge in [0.1, 0.15) is 0 Å². The molecule has 2 aromatic rings. The van der Waals surface area contributed by atoms with E-state index in [1.807, 2.05) is 18.2 Å². The van der Waals surface area contributed by atoms with Gasteiger partial charge in [0.2, 0.25) is 5.91 Å². The number of aryl methyl sites for hydroxylation is 2. The number of methoxy groups -OCH3 is 2. The van der Waals surface area contributed by atoms with Crippen LogP contribution in [-0.2, 0) is 17.8 Å². The second kappa shape index (κ2) is 9.02. The van der Waals surface area contributed by atoms with Crippen molar-refractivity contribution in [3.63, 3.8) is 0 Å². The van der Waals surface area contributed by atoms with Gasteiger partial charge in [-0.05, 0) is 42.7 Å². The van der Waals surface area contributed by atoms with Gasteiger partial charge in [-0.1, -0.05) is 12.1 Å². The maximum Gasteiger partial charge on any atom is 0.272 e. The van der Waals surface area contributed by atoms with Gasteiger partial charge in [-0.2, -0.15) is 0 Å². The number of amides is 1. The minimum absolute atomic E-state index is 0.000732. The van der Waals surface area contributed by atoms with E-state index in [0.29, 0.717) is 36.4 Å². The Kier molecular flexibility index (Phi) is 6.76. The molecule has 0 aromatic heterocycles. The highest BCUT2D eigenvalue weighted by atomic mass is 16.6. The van der Waals surface area contributed by atoms with Gasteiger partial charge in [-0.3, -0.25) is 14.9 Å². The summed E-state index contributed by atoms with van der Waals surface area (Å²) < 4.78 is 10.5. The van der Waals surface area contributed by atoms with Crippen LogP contribution in [0.2, 0.25) is 0 Å². The highest BCUT2D eigenvalue weighted by molar-refractivity contribution is 5.76. The molecule has 0 unspecified atom stereocenters. The normalized spacial score (nSPS) is 10.4. The van der Waals surface area contributed by atoms with Gasteiger partial charge >= 0.3 is 0 Å². The van der Waals surface area contributed by atoms with E-state index in [1.165, 1.54) is 6.07 Å². The third-order valence-corrected chi connectivity index (χ3v) is 4.38. The third kappa shape index (κ3) is 5.20. The molecule has 27 heavy (non-hydrogen) atoms. The summed E-state index contributed by atoms with van der Waals surface area (Å²) in [7, 11) is 4.90. The lowest BCUT2D eigenvalue weighted by Crippen LogP contribution is -2.26. The van der Waals surface area contributed by atoms with Crippen LogP contribution in [0.1, 0.15) is 23.1 Å². The summed E-state index contributed by atoms with van der Waals surface area (Å²) in [5, 5.41) is 10.9. The second-order valence-electron chi connectivity index (χ2n) is 6.32. The van der Waals surface area contributed by atoms with Crippen molar-refractivity contribution < 1.29 is 19.2 Å². The van der Waals surface area contributed by atoms with Crippen LogP contribution in [0, 0.1) is 17.0 Å². The smallest absolute Gasteiger partial charge is 0.272 e. The number of rotatable bonds is 8. The van der Waals surface area contributed by atoms with E-state index in [-0.39, 0.29) is 11.6 Å². The third-order valence-electron chi connectivity index (χ3n) is 4.38. The first-order valence-electron chi connectivity index (χ1n) is 8.54. The number of nitrogens with zero attached hydrogens (tertiary/aromatic N) is 2. The van der Waals surface area contributed by atoms with E-state index < -0.39 is 4.92 Å². The molecule has 0 saturated carbocycles. The summed E-state index contributed by atoms with van der Waals surface area (Å²) in [6, 6.07) is 10.5. The van der Waals surface area contributed by atoms with Crippen molar-refractivity contribution in [2.45, 2.75) is 26.3 Å². The fourth-order valence-electron chi connectivity index (χ4n) is 2.86. The molecule has 0 aliphatic heterocycles. The fourth-order valence-corrected chi connectivity index (χ4v) is 2.86. The molecule has 0 aliphatic rings. The Morgan fingerprint density at radius 3 is 2.33 bits per heavy atom. The molecule has 7 heteroatoms. The molecule has 2 rings (SSSR count). The van der Waals surface area contributed by atoms with Crippen LogP contribution in [0.15, 0.2) is 36.4 Å². The van der Waals surface area contributed by atoms with E-state index in [2.05, 4.69) is 0 Å². The van der Waals surface area contributed by atoms with Crippen molar-refractivity contribution in [2.75, 3.05) is 21.3 Å². The van der Waals surface area contributed by atoms with Gasteiger partial charge in [0.05, 0.1) is 19.1 Å². The summed E-state index contributed by atoms with van der Waals surface area (Å²) in [6.07, 6.45) is 0.870. The molecule has 0 heterocycles. The molecule has 2 aromatic carbocycles. The largest absolute Gasteiger partial charge is 0.493 e. The van der Waals surface area contributed by atoms with Gasteiger partial charge in [-0.15, -0.1) is 0 Å². The van der Waals surface area contributed by atoms with Crippen LogP contribution < -0.4 is 9.47 Å². The van der Waals surface area contributed by atoms with Gasteiger partial charge in [0.15, 0.2) is 11.5 Å². The van der Waals surface area contributed by atoms with Crippen molar-refractivity contribution in [1.29, 1.82) is 0 Å². The Labute approximate surface area is 158 Å². The highest BCUT2D eigenvalue weighted by Crippen LogP contribution is 2.28. The van der Waals surface area contributed by atoms with E-state index in [0.717, 1.165) is 11.1 Å². The molecular weight excluding hydrogens is 348 g/mol. The summed E-state index contributed by atoms with van der Waals surface area (Å²) in [5.41, 5.74) is 2.54. The molecular formula is C20H24N2O5. The average Bonchev–Trinajstić information content (AvgIpc) is 2.65. The number of nitro groups is 1. The van der Waals surface area contributed by atoms with Gasteiger partial charge in [-0.25, -0.2) is 0 Å². The molecule has 0 atom stereocenters. The zero-order chi connectivity index (χ0) is 20.0. The van der Waals surface area contributed by atoms with Crippen molar-refractivity contribution in [3.05, 3.63) is 63.2 Å². The van der Waals surface area contributed by atoms with E-state index in [1.54, 1.807) is 45.2 Å². The van der Waals surface area contributed by atoms with E-state index in [4.69, 9.17) is 9.47 Å². The number of carbonyl (C=O) groups is 1. The quantitative estimate of drug-likeness (QED) is 0.523. The average molecular weight is 372 g/mol. The zero-order valence-corrected chi connectivity index (χ0v) is 16.0. The summed E-state index contributed by atoms with van der Waals surface area (Å²) in [5.74, 6) is 1.27. The number of benzene rings is 2. The summed E-state index contributed by atoms with van der Waals surface area (Å²) in [6.45, 7) is 2.16. The lowest BCUT2D eigenvalue weighted by atomic mass is 10.1. The van der Waals surface area contributed by atoms with Crippen molar-refractivity contribution in [2.24, 2.45) is 0 Å². The summed E-state index contributed by atoms with van der Waals surface area (Å²) >= 11 is 0. The predicted octanol–water partition coefficient (Wildman–Crippen LogP) is 3.51. The number of hydrogen-bond donors (Lipinski definition) is 0. The Morgan fingerprint density at radius 2 is 1.74 bits per heavy atom. The first-order valence-corrected chi connectivity index (χ1v) is 8.54. The van der Waals surface area contributed by atoms with Gasteiger partial charge < -0.3 is 14.4 Å². The molecule has 0 fully saturated rings. The Balaban J connectivity index is 1.96. The van der Waals surface area contributed by atoms with E-state index >= 15 is 0 Å². The number of ether oxygens (including phenoxy) is 2. The maximum atomic E-state index is 12.4. The lowest BCUT2D eigenvalue weighted by Gasteiger charge is -2.18. The number of carbonyl (C=O) groups excluding carboxylic acids is 1. The topological polar surface area (TPSA) is 81.9 Å². The molecule has 0 bridgehead atoms. The molecule has 1 amide bonds.